The highest BCUT2D eigenvalue weighted by Crippen LogP contribution is 2.26. The zero-order valence-electron chi connectivity index (χ0n) is 11.9. The van der Waals surface area contributed by atoms with Gasteiger partial charge < -0.3 is 4.90 Å². The molecule has 5 nitrogen and oxygen atoms in total. The fourth-order valence-corrected chi connectivity index (χ4v) is 4.37. The van der Waals surface area contributed by atoms with Gasteiger partial charge in [0.1, 0.15) is 4.90 Å². The maximum absolute atomic E-state index is 12.6. The van der Waals surface area contributed by atoms with E-state index in [-0.39, 0.29) is 9.92 Å². The number of piperazine rings is 1. The number of nitriles is 1. The Kier molecular flexibility index (Phi) is 5.22. The Balaban J connectivity index is 2.18. The maximum atomic E-state index is 12.6. The molecule has 0 aliphatic carbocycles. The molecule has 7 heteroatoms. The summed E-state index contributed by atoms with van der Waals surface area (Å²) in [6.07, 6.45) is 1.06. The van der Waals surface area contributed by atoms with Crippen LogP contribution in [-0.4, -0.2) is 50.3 Å². The standard InChI is InChI=1S/C14H18ClN3O2S/c1-2-5-17-6-8-18(9-7-17)21(19,20)14-4-3-12(11-16)10-13(14)15/h3-4,10H,2,5-9H2,1H3. The van der Waals surface area contributed by atoms with Crippen LogP contribution in [0, 0.1) is 11.3 Å². The summed E-state index contributed by atoms with van der Waals surface area (Å²) in [5, 5.41) is 8.91. The van der Waals surface area contributed by atoms with E-state index < -0.39 is 10.0 Å². The molecule has 0 amide bonds. The van der Waals surface area contributed by atoms with Crippen LogP contribution >= 0.6 is 11.6 Å². The molecule has 1 aromatic carbocycles. The van der Waals surface area contributed by atoms with Gasteiger partial charge in [0.15, 0.2) is 0 Å². The second kappa shape index (κ2) is 6.75. The molecule has 2 rings (SSSR count). The minimum Gasteiger partial charge on any atom is -0.301 e. The van der Waals surface area contributed by atoms with Crippen LogP contribution in [-0.2, 0) is 10.0 Å². The minimum atomic E-state index is -3.59. The van der Waals surface area contributed by atoms with Crippen LogP contribution < -0.4 is 0 Å². The lowest BCUT2D eigenvalue weighted by molar-refractivity contribution is 0.188. The van der Waals surface area contributed by atoms with Crippen LogP contribution in [0.1, 0.15) is 18.9 Å². The van der Waals surface area contributed by atoms with Crippen LogP contribution in [0.15, 0.2) is 23.1 Å². The smallest absolute Gasteiger partial charge is 0.244 e. The average molecular weight is 328 g/mol. The van der Waals surface area contributed by atoms with Crippen molar-refractivity contribution in [3.8, 4) is 6.07 Å². The molecule has 0 N–H and O–H groups in total. The first-order valence-electron chi connectivity index (χ1n) is 6.91. The van der Waals surface area contributed by atoms with E-state index in [1.165, 1.54) is 22.5 Å². The molecule has 1 aromatic rings. The van der Waals surface area contributed by atoms with Crippen molar-refractivity contribution in [3.05, 3.63) is 28.8 Å². The molecule has 0 aromatic heterocycles. The summed E-state index contributed by atoms with van der Waals surface area (Å²) in [7, 11) is -3.59. The molecule has 0 unspecified atom stereocenters. The number of hydrogen-bond acceptors (Lipinski definition) is 4. The quantitative estimate of drug-likeness (QED) is 0.847. The predicted octanol–water partition coefficient (Wildman–Crippen LogP) is 1.93. The normalized spacial score (nSPS) is 17.6. The van der Waals surface area contributed by atoms with Gasteiger partial charge in [0.05, 0.1) is 16.7 Å². The van der Waals surface area contributed by atoms with E-state index >= 15 is 0 Å². The first-order valence-corrected chi connectivity index (χ1v) is 8.73. The Labute approximate surface area is 130 Å². The number of benzene rings is 1. The number of sulfonamides is 1. The van der Waals surface area contributed by atoms with E-state index in [0.717, 1.165) is 26.1 Å². The molecule has 0 spiro atoms. The summed E-state index contributed by atoms with van der Waals surface area (Å²) in [5.74, 6) is 0. The number of rotatable bonds is 4. The van der Waals surface area contributed by atoms with Crippen molar-refractivity contribution in [1.82, 2.24) is 9.21 Å². The van der Waals surface area contributed by atoms with Crippen molar-refractivity contribution >= 4 is 21.6 Å². The molecule has 1 aliphatic heterocycles. The van der Waals surface area contributed by atoms with Gasteiger partial charge in [-0.2, -0.15) is 9.57 Å². The third-order valence-electron chi connectivity index (χ3n) is 3.55. The highest BCUT2D eigenvalue weighted by atomic mass is 35.5. The van der Waals surface area contributed by atoms with Crippen molar-refractivity contribution in [2.24, 2.45) is 0 Å². The summed E-state index contributed by atoms with van der Waals surface area (Å²) in [4.78, 5) is 2.33. The summed E-state index contributed by atoms with van der Waals surface area (Å²) in [5.41, 5.74) is 0.353. The molecule has 1 saturated heterocycles. The van der Waals surface area contributed by atoms with Gasteiger partial charge in [0.2, 0.25) is 10.0 Å². The monoisotopic (exact) mass is 327 g/mol. The average Bonchev–Trinajstić information content (AvgIpc) is 2.47. The van der Waals surface area contributed by atoms with Crippen molar-refractivity contribution in [1.29, 1.82) is 5.26 Å². The fourth-order valence-electron chi connectivity index (χ4n) is 2.43. The van der Waals surface area contributed by atoms with Gasteiger partial charge in [-0.15, -0.1) is 0 Å². The first kappa shape index (κ1) is 16.2. The van der Waals surface area contributed by atoms with E-state index in [1.807, 2.05) is 6.07 Å². The molecular weight excluding hydrogens is 310 g/mol. The van der Waals surface area contributed by atoms with Gasteiger partial charge >= 0.3 is 0 Å². The van der Waals surface area contributed by atoms with Gasteiger partial charge in [-0.05, 0) is 31.2 Å². The number of nitrogens with zero attached hydrogens (tertiary/aromatic N) is 3. The summed E-state index contributed by atoms with van der Waals surface area (Å²) < 4.78 is 26.7. The molecule has 0 bridgehead atoms. The summed E-state index contributed by atoms with van der Waals surface area (Å²) in [6.45, 7) is 5.52. The molecule has 0 radical (unpaired) electrons. The van der Waals surface area contributed by atoms with Crippen LogP contribution in [0.25, 0.3) is 0 Å². The fraction of sp³-hybridized carbons (Fsp3) is 0.500. The summed E-state index contributed by atoms with van der Waals surface area (Å²) >= 11 is 6.02. The second-order valence-electron chi connectivity index (χ2n) is 5.00. The molecule has 1 fully saturated rings. The Hall–Kier alpha value is -1.13. The SMILES string of the molecule is CCCN1CCN(S(=O)(=O)c2ccc(C#N)cc2Cl)CC1. The van der Waals surface area contributed by atoms with E-state index in [2.05, 4.69) is 11.8 Å². The molecule has 0 saturated carbocycles. The lowest BCUT2D eigenvalue weighted by atomic mass is 10.2. The zero-order chi connectivity index (χ0) is 15.5. The molecule has 1 aliphatic rings. The van der Waals surface area contributed by atoms with Crippen molar-refractivity contribution in [3.63, 3.8) is 0 Å². The van der Waals surface area contributed by atoms with Crippen molar-refractivity contribution in [2.75, 3.05) is 32.7 Å². The van der Waals surface area contributed by atoms with E-state index in [4.69, 9.17) is 16.9 Å². The molecule has 0 atom stereocenters. The number of halogens is 1. The third-order valence-corrected chi connectivity index (χ3v) is 5.93. The van der Waals surface area contributed by atoms with Crippen LogP contribution in [0.2, 0.25) is 5.02 Å². The first-order chi connectivity index (χ1) is 9.98. The number of hydrogen-bond donors (Lipinski definition) is 0. The lowest BCUT2D eigenvalue weighted by Crippen LogP contribution is -2.48. The second-order valence-corrected chi connectivity index (χ2v) is 7.32. The highest BCUT2D eigenvalue weighted by Gasteiger charge is 2.29. The van der Waals surface area contributed by atoms with E-state index in [1.54, 1.807) is 0 Å². The van der Waals surface area contributed by atoms with Crippen molar-refractivity contribution in [2.45, 2.75) is 18.2 Å². The molecular formula is C14H18ClN3O2S. The van der Waals surface area contributed by atoms with Gasteiger partial charge in [0.25, 0.3) is 0 Å². The van der Waals surface area contributed by atoms with Gasteiger partial charge in [-0.1, -0.05) is 18.5 Å². The highest BCUT2D eigenvalue weighted by molar-refractivity contribution is 7.89. The van der Waals surface area contributed by atoms with Gasteiger partial charge in [-0.25, -0.2) is 8.42 Å². The molecule has 114 valence electrons. The Morgan fingerprint density at radius 3 is 2.48 bits per heavy atom. The predicted molar refractivity (Wildman–Crippen MR) is 81.7 cm³/mol. The lowest BCUT2D eigenvalue weighted by Gasteiger charge is -2.33. The van der Waals surface area contributed by atoms with Crippen molar-refractivity contribution < 1.29 is 8.42 Å². The summed E-state index contributed by atoms with van der Waals surface area (Å²) in [6, 6.07) is 6.23. The maximum Gasteiger partial charge on any atom is 0.244 e. The Morgan fingerprint density at radius 2 is 1.95 bits per heavy atom. The minimum absolute atomic E-state index is 0.0760. The van der Waals surface area contributed by atoms with Gasteiger partial charge in [-0.3, -0.25) is 0 Å². The molecule has 1 heterocycles. The Bertz CT molecular complexity index is 647. The van der Waals surface area contributed by atoms with Crippen LogP contribution in [0.5, 0.6) is 0 Å². The Morgan fingerprint density at radius 1 is 1.29 bits per heavy atom. The van der Waals surface area contributed by atoms with Crippen LogP contribution in [0.3, 0.4) is 0 Å². The molecule has 21 heavy (non-hydrogen) atoms. The van der Waals surface area contributed by atoms with E-state index in [0.29, 0.717) is 18.7 Å². The van der Waals surface area contributed by atoms with Gasteiger partial charge in [0, 0.05) is 26.2 Å². The largest absolute Gasteiger partial charge is 0.301 e. The van der Waals surface area contributed by atoms with E-state index in [9.17, 15) is 8.42 Å². The topological polar surface area (TPSA) is 64.4 Å². The third kappa shape index (κ3) is 3.55. The zero-order valence-corrected chi connectivity index (χ0v) is 13.5. The van der Waals surface area contributed by atoms with Crippen LogP contribution in [0.4, 0.5) is 0 Å².